The van der Waals surface area contributed by atoms with Crippen LogP contribution in [0, 0.1) is 0 Å². The zero-order valence-corrected chi connectivity index (χ0v) is 14.6. The number of benzene rings is 1. The molecule has 2 rings (SSSR count). The minimum Gasteiger partial charge on any atom is -0.494 e. The molecule has 2 N–H and O–H groups in total. The molecule has 0 bridgehead atoms. The van der Waals surface area contributed by atoms with Crippen molar-refractivity contribution in [2.75, 3.05) is 13.2 Å². The zero-order valence-electron chi connectivity index (χ0n) is 14.6. The molecule has 138 valence electrons. The van der Waals surface area contributed by atoms with Crippen LogP contribution in [0.25, 0.3) is 0 Å². The average Bonchev–Trinajstić information content (AvgIpc) is 3.16. The molecule has 1 aromatic heterocycles. The maximum absolute atomic E-state index is 11.7. The third kappa shape index (κ3) is 6.80. The van der Waals surface area contributed by atoms with Gasteiger partial charge in [0.05, 0.1) is 26.0 Å². The van der Waals surface area contributed by atoms with Gasteiger partial charge in [-0.15, -0.1) is 0 Å². The van der Waals surface area contributed by atoms with E-state index in [4.69, 9.17) is 9.15 Å². The van der Waals surface area contributed by atoms with Gasteiger partial charge in [-0.2, -0.15) is 0 Å². The lowest BCUT2D eigenvalue weighted by molar-refractivity contribution is -0.126. The molecule has 0 spiro atoms. The maximum Gasteiger partial charge on any atom is 0.239 e. The Morgan fingerprint density at radius 1 is 1.04 bits per heavy atom. The molecule has 0 aliphatic heterocycles. The lowest BCUT2D eigenvalue weighted by atomic mass is 10.1. The normalized spacial score (nSPS) is 10.2. The maximum atomic E-state index is 11.7. The summed E-state index contributed by atoms with van der Waals surface area (Å²) in [6, 6.07) is 10.3. The van der Waals surface area contributed by atoms with Gasteiger partial charge < -0.3 is 19.8 Å². The SMILES string of the molecule is CC(=O)c1ccc(OCCCC(=O)NCC(=O)NCc2ccco2)cc1. The molecule has 2 amide bonds. The fraction of sp³-hybridized carbons (Fsp3) is 0.316. The molecule has 26 heavy (non-hydrogen) atoms. The number of nitrogens with one attached hydrogen (secondary N) is 2. The van der Waals surface area contributed by atoms with Crippen molar-refractivity contribution in [1.29, 1.82) is 0 Å². The number of hydrogen-bond donors (Lipinski definition) is 2. The number of ether oxygens (including phenoxy) is 1. The van der Waals surface area contributed by atoms with Gasteiger partial charge in [-0.1, -0.05) is 0 Å². The van der Waals surface area contributed by atoms with Gasteiger partial charge in [-0.25, -0.2) is 0 Å². The van der Waals surface area contributed by atoms with Crippen molar-refractivity contribution in [2.45, 2.75) is 26.3 Å². The van der Waals surface area contributed by atoms with Crippen LogP contribution >= 0.6 is 0 Å². The first-order valence-electron chi connectivity index (χ1n) is 8.34. The van der Waals surface area contributed by atoms with Crippen molar-refractivity contribution in [1.82, 2.24) is 10.6 Å². The van der Waals surface area contributed by atoms with Gasteiger partial charge in [-0.05, 0) is 49.7 Å². The molecule has 1 aromatic carbocycles. The van der Waals surface area contributed by atoms with Crippen LogP contribution in [0.5, 0.6) is 5.75 Å². The summed E-state index contributed by atoms with van der Waals surface area (Å²) >= 11 is 0. The van der Waals surface area contributed by atoms with E-state index >= 15 is 0 Å². The minimum absolute atomic E-state index is 0.00131. The number of hydrogen-bond acceptors (Lipinski definition) is 5. The van der Waals surface area contributed by atoms with Crippen LogP contribution in [0.1, 0.15) is 35.9 Å². The van der Waals surface area contributed by atoms with Crippen LogP contribution in [-0.2, 0) is 16.1 Å². The van der Waals surface area contributed by atoms with Crippen LogP contribution in [0.4, 0.5) is 0 Å². The topological polar surface area (TPSA) is 97.6 Å². The second-order valence-corrected chi connectivity index (χ2v) is 5.67. The van der Waals surface area contributed by atoms with Gasteiger partial charge in [-0.3, -0.25) is 14.4 Å². The van der Waals surface area contributed by atoms with E-state index in [2.05, 4.69) is 10.6 Å². The number of Topliss-reactive ketones (excluding diaryl/α,β-unsaturated/α-hetero) is 1. The highest BCUT2D eigenvalue weighted by Crippen LogP contribution is 2.13. The predicted octanol–water partition coefficient (Wildman–Crippen LogP) is 2.07. The molecule has 0 saturated carbocycles. The van der Waals surface area contributed by atoms with E-state index in [0.717, 1.165) is 0 Å². The lowest BCUT2D eigenvalue weighted by Gasteiger charge is -2.08. The summed E-state index contributed by atoms with van der Waals surface area (Å²) in [5.74, 6) is 0.803. The Morgan fingerprint density at radius 2 is 1.81 bits per heavy atom. The van der Waals surface area contributed by atoms with Gasteiger partial charge in [0.1, 0.15) is 11.5 Å². The zero-order chi connectivity index (χ0) is 18.8. The Labute approximate surface area is 151 Å². The largest absolute Gasteiger partial charge is 0.494 e. The Balaban J connectivity index is 1.55. The van der Waals surface area contributed by atoms with E-state index < -0.39 is 0 Å². The van der Waals surface area contributed by atoms with Crippen molar-refractivity contribution in [3.63, 3.8) is 0 Å². The Kier molecular flexibility index (Phi) is 7.42. The molecule has 7 heteroatoms. The lowest BCUT2D eigenvalue weighted by Crippen LogP contribution is -2.36. The fourth-order valence-electron chi connectivity index (χ4n) is 2.14. The smallest absolute Gasteiger partial charge is 0.239 e. The molecule has 0 aliphatic carbocycles. The van der Waals surface area contributed by atoms with Crippen molar-refractivity contribution >= 4 is 17.6 Å². The van der Waals surface area contributed by atoms with Crippen LogP contribution < -0.4 is 15.4 Å². The number of ketones is 1. The number of carbonyl (C=O) groups is 3. The summed E-state index contributed by atoms with van der Waals surface area (Å²) in [4.78, 5) is 34.5. The number of furan rings is 1. The molecular weight excluding hydrogens is 336 g/mol. The molecule has 0 aliphatic rings. The fourth-order valence-corrected chi connectivity index (χ4v) is 2.14. The Morgan fingerprint density at radius 3 is 2.46 bits per heavy atom. The summed E-state index contributed by atoms with van der Waals surface area (Å²) in [7, 11) is 0. The van der Waals surface area contributed by atoms with Gasteiger partial charge in [0.15, 0.2) is 5.78 Å². The first kappa shape index (κ1) is 19.2. The van der Waals surface area contributed by atoms with E-state index in [1.54, 1.807) is 36.4 Å². The van der Waals surface area contributed by atoms with Crippen LogP contribution in [0.15, 0.2) is 47.1 Å². The highest BCUT2D eigenvalue weighted by Gasteiger charge is 2.06. The molecular formula is C19H22N2O5. The van der Waals surface area contributed by atoms with Crippen LogP contribution in [0.2, 0.25) is 0 Å². The first-order valence-corrected chi connectivity index (χ1v) is 8.34. The quantitative estimate of drug-likeness (QED) is 0.500. The summed E-state index contributed by atoms with van der Waals surface area (Å²) in [5, 5.41) is 5.20. The molecule has 0 saturated heterocycles. The summed E-state index contributed by atoms with van der Waals surface area (Å²) < 4.78 is 10.6. The summed E-state index contributed by atoms with van der Waals surface area (Å²) in [6.07, 6.45) is 2.31. The monoisotopic (exact) mass is 358 g/mol. The third-order valence-electron chi connectivity index (χ3n) is 3.56. The number of carbonyl (C=O) groups excluding carboxylic acids is 3. The van der Waals surface area contributed by atoms with Gasteiger partial charge in [0.25, 0.3) is 0 Å². The molecule has 7 nitrogen and oxygen atoms in total. The minimum atomic E-state index is -0.281. The van der Waals surface area contributed by atoms with Crippen molar-refractivity contribution < 1.29 is 23.5 Å². The molecule has 0 radical (unpaired) electrons. The number of rotatable bonds is 10. The van der Waals surface area contributed by atoms with E-state index in [9.17, 15) is 14.4 Å². The van der Waals surface area contributed by atoms with Crippen LogP contribution in [0.3, 0.4) is 0 Å². The third-order valence-corrected chi connectivity index (χ3v) is 3.56. The van der Waals surface area contributed by atoms with Gasteiger partial charge in [0, 0.05) is 12.0 Å². The predicted molar refractivity (Wildman–Crippen MR) is 94.7 cm³/mol. The molecule has 2 aromatic rings. The Bertz CT molecular complexity index is 723. The van der Waals surface area contributed by atoms with E-state index in [-0.39, 0.29) is 37.1 Å². The molecule has 0 atom stereocenters. The summed E-state index contributed by atoms with van der Waals surface area (Å²) in [5.41, 5.74) is 0.627. The summed E-state index contributed by atoms with van der Waals surface area (Å²) in [6.45, 7) is 2.09. The second-order valence-electron chi connectivity index (χ2n) is 5.67. The van der Waals surface area contributed by atoms with E-state index in [1.165, 1.54) is 13.2 Å². The van der Waals surface area contributed by atoms with E-state index in [0.29, 0.717) is 30.1 Å². The van der Waals surface area contributed by atoms with Crippen molar-refractivity contribution in [3.8, 4) is 5.75 Å². The molecule has 0 fully saturated rings. The number of amides is 2. The molecule has 1 heterocycles. The second kappa shape index (κ2) is 10.0. The first-order chi connectivity index (χ1) is 12.5. The van der Waals surface area contributed by atoms with Gasteiger partial charge >= 0.3 is 0 Å². The highest BCUT2D eigenvalue weighted by molar-refractivity contribution is 5.94. The Hall–Kier alpha value is -3.09. The highest BCUT2D eigenvalue weighted by atomic mass is 16.5. The molecule has 0 unspecified atom stereocenters. The average molecular weight is 358 g/mol. The van der Waals surface area contributed by atoms with Crippen molar-refractivity contribution in [2.24, 2.45) is 0 Å². The van der Waals surface area contributed by atoms with Crippen molar-refractivity contribution in [3.05, 3.63) is 54.0 Å². The van der Waals surface area contributed by atoms with Gasteiger partial charge in [0.2, 0.25) is 11.8 Å². The van der Waals surface area contributed by atoms with Crippen LogP contribution in [-0.4, -0.2) is 30.7 Å². The standard InChI is InChI=1S/C19H22N2O5/c1-14(22)15-6-8-16(9-7-15)25-11-3-5-18(23)21-13-19(24)20-12-17-4-2-10-26-17/h2,4,6-10H,3,5,11-13H2,1H3,(H,20,24)(H,21,23). The van der Waals surface area contributed by atoms with E-state index in [1.807, 2.05) is 0 Å².